The van der Waals surface area contributed by atoms with Crippen molar-refractivity contribution in [3.63, 3.8) is 0 Å². The van der Waals surface area contributed by atoms with Crippen molar-refractivity contribution in [2.45, 2.75) is 122 Å². The lowest BCUT2D eigenvalue weighted by Crippen LogP contribution is -2.61. The molecule has 0 aromatic carbocycles. The predicted octanol–water partition coefficient (Wildman–Crippen LogP) is 6.29. The summed E-state index contributed by atoms with van der Waals surface area (Å²) in [6, 6.07) is -2.16. The highest BCUT2D eigenvalue weighted by Crippen LogP contribution is 2.40. The molecular weight excluding hydrogens is 564 g/mol. The minimum atomic E-state index is -1.03. The monoisotopic (exact) mass is 606 g/mol. The third-order valence-electron chi connectivity index (χ3n) is 9.06. The SMILES string of the molecule is CCC1OC(O[C@@H]2C(CC)O[C@H](O[C@@H]3C(CN=[N+]=[N-])O[C@H](OC)[C@@H](N=[N+]=[N-])C3C)[C@@H](N=[N+]=[N-])C2C)[C@@H](N=[N+]=[N-])C(C)[C@@H]1C. The van der Waals surface area contributed by atoms with Crippen LogP contribution in [0.1, 0.15) is 54.4 Å². The van der Waals surface area contributed by atoms with Gasteiger partial charge in [0.1, 0.15) is 0 Å². The lowest BCUT2D eigenvalue weighted by atomic mass is 9.81. The highest BCUT2D eigenvalue weighted by molar-refractivity contribution is 4.98. The van der Waals surface area contributed by atoms with Gasteiger partial charge in [0.15, 0.2) is 18.9 Å². The molecule has 43 heavy (non-hydrogen) atoms. The largest absolute Gasteiger partial charge is 0.355 e. The second-order valence-corrected chi connectivity index (χ2v) is 11.3. The average Bonchev–Trinajstić information content (AvgIpc) is 3.00. The van der Waals surface area contributed by atoms with Crippen molar-refractivity contribution in [2.75, 3.05) is 13.7 Å². The molecular formula is C25H42N12O6. The van der Waals surface area contributed by atoms with Gasteiger partial charge >= 0.3 is 0 Å². The highest BCUT2D eigenvalue weighted by atomic mass is 16.7. The Morgan fingerprint density at radius 2 is 1.02 bits per heavy atom. The number of nitrogens with zero attached hydrogens (tertiary/aromatic N) is 12. The van der Waals surface area contributed by atoms with Crippen LogP contribution >= 0.6 is 0 Å². The molecule has 3 heterocycles. The molecule has 3 fully saturated rings. The topological polar surface area (TPSA) is 250 Å². The molecule has 0 aromatic rings. The van der Waals surface area contributed by atoms with Gasteiger partial charge in [-0.15, -0.1) is 0 Å². The summed E-state index contributed by atoms with van der Waals surface area (Å²) in [7, 11) is 1.42. The second kappa shape index (κ2) is 16.2. The number of methoxy groups -OCH3 is 1. The van der Waals surface area contributed by atoms with E-state index >= 15 is 0 Å². The van der Waals surface area contributed by atoms with Crippen LogP contribution in [0.4, 0.5) is 0 Å². The van der Waals surface area contributed by atoms with Gasteiger partial charge in [0, 0.05) is 26.8 Å². The average molecular weight is 607 g/mol. The van der Waals surface area contributed by atoms with Gasteiger partial charge in [-0.25, -0.2) is 0 Å². The van der Waals surface area contributed by atoms with E-state index in [0.717, 1.165) is 6.42 Å². The Kier molecular flexibility index (Phi) is 13.0. The van der Waals surface area contributed by atoms with Crippen molar-refractivity contribution in [2.24, 2.45) is 44.1 Å². The minimum Gasteiger partial charge on any atom is -0.355 e. The van der Waals surface area contributed by atoms with Crippen molar-refractivity contribution < 1.29 is 28.4 Å². The number of azide groups is 4. The molecule has 0 aromatic heterocycles. The molecule has 3 aliphatic heterocycles. The van der Waals surface area contributed by atoms with Crippen LogP contribution in [0.15, 0.2) is 20.5 Å². The number of hydrogen-bond acceptors (Lipinski definition) is 10. The molecule has 238 valence electrons. The van der Waals surface area contributed by atoms with Gasteiger partial charge in [0.25, 0.3) is 0 Å². The molecule has 7 unspecified atom stereocenters. The quantitative estimate of drug-likeness (QED) is 0.140. The van der Waals surface area contributed by atoms with Gasteiger partial charge < -0.3 is 28.4 Å². The predicted molar refractivity (Wildman–Crippen MR) is 153 cm³/mol. The van der Waals surface area contributed by atoms with E-state index in [1.54, 1.807) is 0 Å². The van der Waals surface area contributed by atoms with E-state index in [4.69, 9.17) is 39.5 Å². The fourth-order valence-electron chi connectivity index (χ4n) is 6.37. The first-order valence-electron chi connectivity index (χ1n) is 14.6. The Morgan fingerprint density at radius 3 is 1.49 bits per heavy atom. The summed E-state index contributed by atoms with van der Waals surface area (Å²) in [5.74, 6) is -0.715. The van der Waals surface area contributed by atoms with E-state index in [9.17, 15) is 11.1 Å². The lowest BCUT2D eigenvalue weighted by Gasteiger charge is -2.50. The van der Waals surface area contributed by atoms with Gasteiger partial charge in [0.2, 0.25) is 0 Å². The zero-order valence-electron chi connectivity index (χ0n) is 25.6. The Morgan fingerprint density at radius 1 is 0.581 bits per heavy atom. The Labute approximate surface area is 250 Å². The van der Waals surface area contributed by atoms with Crippen molar-refractivity contribution in [1.82, 2.24) is 0 Å². The van der Waals surface area contributed by atoms with Crippen molar-refractivity contribution in [3.05, 3.63) is 41.8 Å². The summed E-state index contributed by atoms with van der Waals surface area (Å²) < 4.78 is 37.1. The smallest absolute Gasteiger partial charge is 0.167 e. The van der Waals surface area contributed by atoms with Gasteiger partial charge in [0.05, 0.1) is 55.2 Å². The molecule has 18 heteroatoms. The van der Waals surface area contributed by atoms with Gasteiger partial charge in [-0.05, 0) is 58.6 Å². The van der Waals surface area contributed by atoms with Crippen LogP contribution < -0.4 is 0 Å². The van der Waals surface area contributed by atoms with E-state index in [-0.39, 0.29) is 24.5 Å². The third-order valence-corrected chi connectivity index (χ3v) is 9.06. The van der Waals surface area contributed by atoms with E-state index < -0.39 is 73.2 Å². The summed E-state index contributed by atoms with van der Waals surface area (Å²) in [4.78, 5) is 11.9. The van der Waals surface area contributed by atoms with E-state index in [1.807, 2.05) is 34.6 Å². The van der Waals surface area contributed by atoms with E-state index in [1.165, 1.54) is 7.11 Å². The number of hydrogen-bond donors (Lipinski definition) is 0. The van der Waals surface area contributed by atoms with E-state index in [2.05, 4.69) is 47.0 Å². The Balaban J connectivity index is 1.91. The van der Waals surface area contributed by atoms with Crippen molar-refractivity contribution >= 4 is 0 Å². The van der Waals surface area contributed by atoms with Gasteiger partial charge in [-0.3, -0.25) is 0 Å². The molecule has 0 saturated carbocycles. The Hall–Kier alpha value is -3.00. The number of rotatable bonds is 12. The van der Waals surface area contributed by atoms with Gasteiger partial charge in [-0.2, -0.15) is 0 Å². The second-order valence-electron chi connectivity index (χ2n) is 11.3. The van der Waals surface area contributed by atoms with Crippen LogP contribution in [0.5, 0.6) is 0 Å². The summed E-state index contributed by atoms with van der Waals surface area (Å²) in [6.45, 7) is 11.7. The molecule has 0 amide bonds. The fourth-order valence-corrected chi connectivity index (χ4v) is 6.37. The van der Waals surface area contributed by atoms with Crippen LogP contribution in [0.3, 0.4) is 0 Å². The molecule has 0 spiro atoms. The zero-order valence-corrected chi connectivity index (χ0v) is 25.6. The molecule has 15 atom stereocenters. The maximum Gasteiger partial charge on any atom is 0.167 e. The first-order chi connectivity index (χ1) is 20.7. The number of ether oxygens (including phenoxy) is 6. The standard InChI is InChI=1S/C25H42N12O6/c1-8-15-11(3)12(4)18(31-35-27)24(39-15)42-21-14(6)20(33-37-29)25(40-16(21)9-2)43-22-13(5)19(32-36-28)23(38-7)41-17(22)10-30-34-26/h11-25H,8-10H2,1-7H3/t11-,12?,13?,14?,15?,16?,17?,18-,19-,20-,21-,22-,23-,24?,25+/m0/s1. The molecule has 0 aliphatic carbocycles. The third kappa shape index (κ3) is 7.57. The fraction of sp³-hybridized carbons (Fsp3) is 1.00. The van der Waals surface area contributed by atoms with Crippen molar-refractivity contribution in [3.8, 4) is 0 Å². The van der Waals surface area contributed by atoms with Crippen LogP contribution in [0.25, 0.3) is 41.8 Å². The Bertz CT molecular complexity index is 1120. The molecule has 3 rings (SSSR count). The summed E-state index contributed by atoms with van der Waals surface area (Å²) in [5, 5.41) is 15.6. The molecule has 0 radical (unpaired) electrons. The first kappa shape index (κ1) is 34.5. The van der Waals surface area contributed by atoms with Crippen LogP contribution in [-0.4, -0.2) is 81.2 Å². The zero-order chi connectivity index (χ0) is 31.7. The molecule has 0 N–H and O–H groups in total. The summed E-state index contributed by atoms with van der Waals surface area (Å²) in [6.07, 6.45) is -4.19. The maximum absolute atomic E-state index is 9.51. The van der Waals surface area contributed by atoms with Crippen LogP contribution in [0, 0.1) is 23.7 Å². The minimum absolute atomic E-state index is 0.00392. The lowest BCUT2D eigenvalue weighted by molar-refractivity contribution is -0.329. The summed E-state index contributed by atoms with van der Waals surface area (Å²) in [5.41, 5.74) is 36.9. The van der Waals surface area contributed by atoms with Crippen molar-refractivity contribution in [1.29, 1.82) is 0 Å². The first-order valence-corrected chi connectivity index (χ1v) is 14.6. The van der Waals surface area contributed by atoms with Crippen LogP contribution in [0.2, 0.25) is 0 Å². The maximum atomic E-state index is 9.51. The van der Waals surface area contributed by atoms with Crippen LogP contribution in [-0.2, 0) is 28.4 Å². The normalized spacial score (nSPS) is 42.8. The molecule has 18 nitrogen and oxygen atoms in total. The highest BCUT2D eigenvalue weighted by Gasteiger charge is 2.51. The van der Waals surface area contributed by atoms with Gasteiger partial charge in [-0.1, -0.05) is 62.0 Å². The molecule has 0 bridgehead atoms. The molecule has 3 saturated heterocycles. The summed E-state index contributed by atoms with van der Waals surface area (Å²) >= 11 is 0. The molecule has 3 aliphatic rings. The van der Waals surface area contributed by atoms with E-state index in [0.29, 0.717) is 6.42 Å².